The largest absolute Gasteiger partial charge is 0.493 e. The summed E-state index contributed by atoms with van der Waals surface area (Å²) < 4.78 is 37.4. The zero-order chi connectivity index (χ0) is 19.6. The molecular formula is C18H21NO6S. The average molecular weight is 379 g/mol. The highest BCUT2D eigenvalue weighted by atomic mass is 32.2. The van der Waals surface area contributed by atoms with Crippen molar-refractivity contribution in [3.63, 3.8) is 0 Å². The molecule has 0 fully saturated rings. The fourth-order valence-corrected chi connectivity index (χ4v) is 4.00. The minimum Gasteiger partial charge on any atom is -0.493 e. The van der Waals surface area contributed by atoms with Crippen molar-refractivity contribution >= 4 is 21.7 Å². The van der Waals surface area contributed by atoms with Crippen molar-refractivity contribution in [3.8, 4) is 11.5 Å². The predicted molar refractivity (Wildman–Crippen MR) is 98.0 cm³/mol. The Morgan fingerprint density at radius 1 is 1.08 bits per heavy atom. The summed E-state index contributed by atoms with van der Waals surface area (Å²) in [6, 6.07) is 7.71. The highest BCUT2D eigenvalue weighted by Gasteiger charge is 2.27. The molecule has 0 aliphatic heterocycles. The van der Waals surface area contributed by atoms with Crippen LogP contribution in [-0.2, 0) is 10.0 Å². The van der Waals surface area contributed by atoms with Crippen LogP contribution in [0.2, 0.25) is 0 Å². The number of carboxylic acids is 1. The van der Waals surface area contributed by atoms with E-state index in [9.17, 15) is 18.3 Å². The Morgan fingerprint density at radius 2 is 1.73 bits per heavy atom. The quantitative estimate of drug-likeness (QED) is 0.830. The Labute approximate surface area is 152 Å². The van der Waals surface area contributed by atoms with Gasteiger partial charge in [-0.2, -0.15) is 0 Å². The van der Waals surface area contributed by atoms with Gasteiger partial charge in [-0.05, 0) is 31.5 Å². The first-order chi connectivity index (χ1) is 12.1. The molecule has 0 atom stereocenters. The number of hydrogen-bond donors (Lipinski definition) is 1. The van der Waals surface area contributed by atoms with Crippen LogP contribution in [0.25, 0.3) is 0 Å². The second-order valence-corrected chi connectivity index (χ2v) is 7.74. The van der Waals surface area contributed by atoms with Crippen LogP contribution in [0.3, 0.4) is 0 Å². The van der Waals surface area contributed by atoms with Crippen LogP contribution < -0.4 is 13.8 Å². The number of methoxy groups -OCH3 is 2. The van der Waals surface area contributed by atoms with Crippen LogP contribution in [-0.4, -0.2) is 40.8 Å². The molecule has 0 unspecified atom stereocenters. The van der Waals surface area contributed by atoms with Gasteiger partial charge in [0.1, 0.15) is 5.56 Å². The fraction of sp³-hybridized carbons (Fsp3) is 0.278. The van der Waals surface area contributed by atoms with E-state index in [2.05, 4.69) is 0 Å². The summed E-state index contributed by atoms with van der Waals surface area (Å²) in [4.78, 5) is 11.3. The summed E-state index contributed by atoms with van der Waals surface area (Å²) in [5.74, 6) is -1.32. The Balaban J connectivity index is 2.65. The smallest absolute Gasteiger partial charge is 0.339 e. The lowest BCUT2D eigenvalue weighted by molar-refractivity contribution is 0.0692. The Bertz CT molecular complexity index is 952. The van der Waals surface area contributed by atoms with Crippen LogP contribution in [0, 0.1) is 13.8 Å². The van der Waals surface area contributed by atoms with Crippen molar-refractivity contribution in [1.29, 1.82) is 0 Å². The van der Waals surface area contributed by atoms with Gasteiger partial charge >= 0.3 is 5.97 Å². The number of hydrogen-bond acceptors (Lipinski definition) is 5. The first-order valence-corrected chi connectivity index (χ1v) is 9.13. The highest BCUT2D eigenvalue weighted by molar-refractivity contribution is 7.92. The zero-order valence-electron chi connectivity index (χ0n) is 15.2. The summed E-state index contributed by atoms with van der Waals surface area (Å²) in [6.45, 7) is 3.73. The first-order valence-electron chi connectivity index (χ1n) is 7.69. The Morgan fingerprint density at radius 3 is 2.23 bits per heavy atom. The predicted octanol–water partition coefficient (Wildman–Crippen LogP) is 2.84. The Hall–Kier alpha value is -2.74. The molecule has 0 aliphatic carbocycles. The third kappa shape index (κ3) is 3.45. The molecule has 26 heavy (non-hydrogen) atoms. The standard InChI is InChI=1S/C18H21NO6S/c1-11-6-7-15(12(2)8-11)19(3)26(22,23)13-9-14(18(20)21)17(25-5)16(10-13)24-4/h6-10H,1-5H3,(H,20,21). The van der Waals surface area contributed by atoms with Crippen LogP contribution in [0.15, 0.2) is 35.2 Å². The monoisotopic (exact) mass is 379 g/mol. The summed E-state index contributed by atoms with van der Waals surface area (Å²) in [5.41, 5.74) is 2.01. The lowest BCUT2D eigenvalue weighted by atomic mass is 10.1. The molecule has 0 heterocycles. The number of rotatable bonds is 6. The van der Waals surface area contributed by atoms with Gasteiger partial charge in [0.05, 0.1) is 24.8 Å². The number of carbonyl (C=O) groups is 1. The topological polar surface area (TPSA) is 93.1 Å². The van der Waals surface area contributed by atoms with E-state index < -0.39 is 16.0 Å². The maximum absolute atomic E-state index is 13.0. The van der Waals surface area contributed by atoms with Crippen molar-refractivity contribution in [1.82, 2.24) is 0 Å². The Kier molecular flexibility index (Phi) is 5.46. The number of aryl methyl sites for hydroxylation is 2. The van der Waals surface area contributed by atoms with Gasteiger partial charge in [-0.3, -0.25) is 4.31 Å². The van der Waals surface area contributed by atoms with E-state index in [1.54, 1.807) is 6.07 Å². The van der Waals surface area contributed by atoms with Crippen molar-refractivity contribution in [2.45, 2.75) is 18.7 Å². The molecule has 0 spiro atoms. The molecule has 1 N–H and O–H groups in total. The summed E-state index contributed by atoms with van der Waals surface area (Å²) in [5, 5.41) is 9.39. The average Bonchev–Trinajstić information content (AvgIpc) is 2.59. The molecule has 0 saturated heterocycles. The van der Waals surface area contributed by atoms with Crippen LogP contribution >= 0.6 is 0 Å². The third-order valence-corrected chi connectivity index (χ3v) is 5.78. The van der Waals surface area contributed by atoms with E-state index in [0.29, 0.717) is 5.69 Å². The second-order valence-electron chi connectivity index (χ2n) is 5.77. The maximum atomic E-state index is 13.0. The molecule has 0 aromatic heterocycles. The fourth-order valence-electron chi connectivity index (χ4n) is 2.69. The van der Waals surface area contributed by atoms with E-state index in [1.807, 2.05) is 26.0 Å². The number of benzene rings is 2. The summed E-state index contributed by atoms with van der Waals surface area (Å²) in [6.07, 6.45) is 0. The minimum atomic E-state index is -4.01. The van der Waals surface area contributed by atoms with Crippen molar-refractivity contribution in [2.75, 3.05) is 25.6 Å². The van der Waals surface area contributed by atoms with E-state index in [0.717, 1.165) is 21.5 Å². The SMILES string of the molecule is COc1cc(S(=O)(=O)N(C)c2ccc(C)cc2C)cc(C(=O)O)c1OC. The number of sulfonamides is 1. The molecule has 2 rings (SSSR count). The highest BCUT2D eigenvalue weighted by Crippen LogP contribution is 2.36. The zero-order valence-corrected chi connectivity index (χ0v) is 16.0. The molecule has 0 aliphatic rings. The number of ether oxygens (including phenoxy) is 2. The molecular weight excluding hydrogens is 358 g/mol. The molecule has 0 bridgehead atoms. The van der Waals surface area contributed by atoms with Gasteiger partial charge in [0, 0.05) is 13.1 Å². The normalized spacial score (nSPS) is 11.1. The van der Waals surface area contributed by atoms with Crippen molar-refractivity contribution in [2.24, 2.45) is 0 Å². The molecule has 0 amide bonds. The lowest BCUT2D eigenvalue weighted by Gasteiger charge is -2.22. The molecule has 140 valence electrons. The molecule has 0 saturated carbocycles. The number of carboxylic acid groups (broad SMARTS) is 1. The maximum Gasteiger partial charge on any atom is 0.339 e. The van der Waals surface area contributed by atoms with Gasteiger partial charge in [-0.25, -0.2) is 13.2 Å². The van der Waals surface area contributed by atoms with Crippen molar-refractivity contribution in [3.05, 3.63) is 47.0 Å². The number of nitrogens with zero attached hydrogens (tertiary/aromatic N) is 1. The third-order valence-electron chi connectivity index (χ3n) is 4.03. The van der Waals surface area contributed by atoms with Gasteiger partial charge in [0.25, 0.3) is 10.0 Å². The number of aromatic carboxylic acids is 1. The first kappa shape index (κ1) is 19.6. The summed E-state index contributed by atoms with van der Waals surface area (Å²) >= 11 is 0. The second kappa shape index (κ2) is 7.25. The van der Waals surface area contributed by atoms with E-state index in [4.69, 9.17) is 9.47 Å². The molecule has 7 nitrogen and oxygen atoms in total. The molecule has 2 aromatic rings. The molecule has 2 aromatic carbocycles. The van der Waals surface area contributed by atoms with Crippen LogP contribution in [0.4, 0.5) is 5.69 Å². The van der Waals surface area contributed by atoms with Gasteiger partial charge in [0.2, 0.25) is 0 Å². The number of anilines is 1. The van der Waals surface area contributed by atoms with Crippen LogP contribution in [0.5, 0.6) is 11.5 Å². The van der Waals surface area contributed by atoms with Gasteiger partial charge in [-0.15, -0.1) is 0 Å². The lowest BCUT2D eigenvalue weighted by Crippen LogP contribution is -2.27. The van der Waals surface area contributed by atoms with Crippen molar-refractivity contribution < 1.29 is 27.8 Å². The van der Waals surface area contributed by atoms with Gasteiger partial charge < -0.3 is 14.6 Å². The summed E-state index contributed by atoms with van der Waals surface area (Å²) in [7, 11) is 0.0194. The van der Waals surface area contributed by atoms with E-state index in [-0.39, 0.29) is 22.0 Å². The minimum absolute atomic E-state index is 0.0278. The molecule has 0 radical (unpaired) electrons. The van der Waals surface area contributed by atoms with E-state index in [1.165, 1.54) is 27.3 Å². The van der Waals surface area contributed by atoms with E-state index >= 15 is 0 Å². The molecule has 8 heteroatoms. The van der Waals surface area contributed by atoms with Gasteiger partial charge in [-0.1, -0.05) is 17.7 Å². The van der Waals surface area contributed by atoms with Gasteiger partial charge in [0.15, 0.2) is 11.5 Å². The van der Waals surface area contributed by atoms with Crippen LogP contribution in [0.1, 0.15) is 21.5 Å².